The van der Waals surface area contributed by atoms with Crippen LogP contribution in [0, 0.1) is 0 Å². The van der Waals surface area contributed by atoms with E-state index in [1.165, 1.54) is 11.1 Å². The molecule has 2 heteroatoms. The van der Waals surface area contributed by atoms with Crippen LogP contribution in [0.2, 0.25) is 0 Å². The van der Waals surface area contributed by atoms with Gasteiger partial charge < -0.3 is 11.5 Å². The van der Waals surface area contributed by atoms with E-state index >= 15 is 0 Å². The molecule has 0 radical (unpaired) electrons. The summed E-state index contributed by atoms with van der Waals surface area (Å²) in [5, 5.41) is 0. The lowest BCUT2D eigenvalue weighted by Crippen LogP contribution is -2.22. The van der Waals surface area contributed by atoms with Gasteiger partial charge in [0, 0.05) is 12.1 Å². The first-order valence-electron chi connectivity index (χ1n) is 9.16. The zero-order valence-corrected chi connectivity index (χ0v) is 15.0. The quantitative estimate of drug-likeness (QED) is 0.644. The predicted molar refractivity (Wildman–Crippen MR) is 98.3 cm³/mol. The van der Waals surface area contributed by atoms with Crippen LogP contribution < -0.4 is 11.5 Å². The van der Waals surface area contributed by atoms with Crippen LogP contribution in [0.4, 0.5) is 0 Å². The molecule has 1 aromatic carbocycles. The van der Waals surface area contributed by atoms with E-state index in [1.54, 1.807) is 0 Å². The van der Waals surface area contributed by atoms with Crippen molar-refractivity contribution in [2.45, 2.75) is 90.1 Å². The largest absolute Gasteiger partial charge is 0.328 e. The van der Waals surface area contributed by atoms with E-state index in [1.807, 2.05) is 0 Å². The van der Waals surface area contributed by atoms with Gasteiger partial charge in [0.15, 0.2) is 0 Å². The molecule has 0 spiro atoms. The minimum absolute atomic E-state index is 0.315. The van der Waals surface area contributed by atoms with Crippen LogP contribution in [0.25, 0.3) is 0 Å². The normalized spacial score (nSPS) is 17.0. The summed E-state index contributed by atoms with van der Waals surface area (Å²) >= 11 is 0. The highest BCUT2D eigenvalue weighted by molar-refractivity contribution is 5.28. The molecule has 4 N–H and O–H groups in total. The number of benzene rings is 1. The first kappa shape index (κ1) is 19.2. The van der Waals surface area contributed by atoms with Crippen LogP contribution in [0.1, 0.15) is 89.2 Å². The minimum Gasteiger partial charge on any atom is -0.328 e. The van der Waals surface area contributed by atoms with E-state index in [2.05, 4.69) is 52.0 Å². The molecule has 126 valence electrons. The maximum atomic E-state index is 6.14. The third kappa shape index (κ3) is 5.73. The van der Waals surface area contributed by atoms with Gasteiger partial charge in [0.1, 0.15) is 0 Å². The maximum Gasteiger partial charge on any atom is 0.00420 e. The molecule has 1 aromatic rings. The smallest absolute Gasteiger partial charge is 0.00420 e. The van der Waals surface area contributed by atoms with Gasteiger partial charge in [-0.2, -0.15) is 0 Å². The molecule has 0 saturated carbocycles. The molecule has 2 nitrogen and oxygen atoms in total. The van der Waals surface area contributed by atoms with Crippen LogP contribution in [-0.2, 0) is 0 Å². The molecule has 0 bridgehead atoms. The summed E-state index contributed by atoms with van der Waals surface area (Å²) in [7, 11) is 0. The molecular formula is C20H36N2. The summed E-state index contributed by atoms with van der Waals surface area (Å²) in [5.41, 5.74) is 15.2. The van der Waals surface area contributed by atoms with Gasteiger partial charge >= 0.3 is 0 Å². The van der Waals surface area contributed by atoms with Gasteiger partial charge in [0.05, 0.1) is 0 Å². The fourth-order valence-electron chi connectivity index (χ4n) is 3.18. The summed E-state index contributed by atoms with van der Waals surface area (Å²) in [6.07, 6.45) is 6.60. The summed E-state index contributed by atoms with van der Waals surface area (Å²) in [6, 6.07) is 9.88. The van der Waals surface area contributed by atoms with Gasteiger partial charge in [0.25, 0.3) is 0 Å². The summed E-state index contributed by atoms with van der Waals surface area (Å²) in [4.78, 5) is 0. The Bertz CT molecular complexity index is 360. The highest BCUT2D eigenvalue weighted by Crippen LogP contribution is 2.29. The molecule has 4 atom stereocenters. The highest BCUT2D eigenvalue weighted by Gasteiger charge is 2.16. The topological polar surface area (TPSA) is 52.0 Å². The molecule has 0 heterocycles. The molecule has 0 fully saturated rings. The lowest BCUT2D eigenvalue weighted by molar-refractivity contribution is 0.500. The summed E-state index contributed by atoms with van der Waals surface area (Å²) in [6.45, 7) is 8.86. The average molecular weight is 305 g/mol. The first-order chi connectivity index (χ1) is 10.5. The third-order valence-corrected chi connectivity index (χ3v) is 5.09. The number of rotatable bonds is 10. The van der Waals surface area contributed by atoms with Crippen molar-refractivity contribution in [1.82, 2.24) is 0 Å². The minimum atomic E-state index is 0.315. The lowest BCUT2D eigenvalue weighted by atomic mass is 9.85. The van der Waals surface area contributed by atoms with Crippen LogP contribution in [0.5, 0.6) is 0 Å². The number of hydrogen-bond donors (Lipinski definition) is 2. The van der Waals surface area contributed by atoms with Gasteiger partial charge in [-0.1, -0.05) is 52.0 Å². The monoisotopic (exact) mass is 304 g/mol. The highest BCUT2D eigenvalue weighted by atomic mass is 14.6. The van der Waals surface area contributed by atoms with Crippen LogP contribution in [0.3, 0.4) is 0 Å². The van der Waals surface area contributed by atoms with Crippen molar-refractivity contribution in [3.05, 3.63) is 35.4 Å². The molecule has 0 aliphatic carbocycles. The van der Waals surface area contributed by atoms with Gasteiger partial charge in [-0.3, -0.25) is 0 Å². The van der Waals surface area contributed by atoms with E-state index in [9.17, 15) is 0 Å². The fourth-order valence-corrected chi connectivity index (χ4v) is 3.18. The Morgan fingerprint density at radius 2 is 0.955 bits per heavy atom. The van der Waals surface area contributed by atoms with Gasteiger partial charge in [-0.25, -0.2) is 0 Å². The predicted octanol–water partition coefficient (Wildman–Crippen LogP) is 4.93. The molecule has 0 aliphatic heterocycles. The molecular weight excluding hydrogens is 268 g/mol. The zero-order valence-electron chi connectivity index (χ0n) is 15.0. The van der Waals surface area contributed by atoms with Gasteiger partial charge in [-0.15, -0.1) is 0 Å². The first-order valence-corrected chi connectivity index (χ1v) is 9.16. The Morgan fingerprint density at radius 1 is 0.636 bits per heavy atom. The second-order valence-corrected chi connectivity index (χ2v) is 6.69. The third-order valence-electron chi connectivity index (χ3n) is 5.09. The van der Waals surface area contributed by atoms with Crippen molar-refractivity contribution in [2.75, 3.05) is 0 Å². The van der Waals surface area contributed by atoms with E-state index in [0.717, 1.165) is 38.5 Å². The lowest BCUT2D eigenvalue weighted by Gasteiger charge is -2.22. The van der Waals surface area contributed by atoms with Crippen molar-refractivity contribution >= 4 is 0 Å². The molecule has 0 aliphatic rings. The van der Waals surface area contributed by atoms with Crippen LogP contribution >= 0.6 is 0 Å². The van der Waals surface area contributed by atoms with Crippen molar-refractivity contribution < 1.29 is 0 Å². The van der Waals surface area contributed by atoms with E-state index in [0.29, 0.717) is 23.9 Å². The molecule has 0 aromatic heterocycles. The van der Waals surface area contributed by atoms with Crippen LogP contribution in [-0.4, -0.2) is 12.1 Å². The maximum absolute atomic E-state index is 6.14. The van der Waals surface area contributed by atoms with Gasteiger partial charge in [-0.05, 0) is 61.5 Å². The van der Waals surface area contributed by atoms with Crippen LogP contribution in [0.15, 0.2) is 24.3 Å². The van der Waals surface area contributed by atoms with E-state index < -0.39 is 0 Å². The van der Waals surface area contributed by atoms with E-state index in [4.69, 9.17) is 11.5 Å². The Morgan fingerprint density at radius 3 is 1.18 bits per heavy atom. The number of nitrogens with two attached hydrogens (primary N) is 2. The summed E-state index contributed by atoms with van der Waals surface area (Å²) < 4.78 is 0. The van der Waals surface area contributed by atoms with Crippen molar-refractivity contribution in [3.8, 4) is 0 Å². The summed E-state index contributed by atoms with van der Waals surface area (Å²) in [5.74, 6) is 1.17. The average Bonchev–Trinajstić information content (AvgIpc) is 2.57. The van der Waals surface area contributed by atoms with Crippen molar-refractivity contribution in [2.24, 2.45) is 11.5 Å². The molecule has 1 rings (SSSR count). The SMILES string of the molecule is CCC(N)CC(CC)c1ccc(C(CC)CC(N)CC)cc1. The Labute approximate surface area is 137 Å². The van der Waals surface area contributed by atoms with E-state index in [-0.39, 0.29) is 0 Å². The second-order valence-electron chi connectivity index (χ2n) is 6.69. The molecule has 0 saturated heterocycles. The Balaban J connectivity index is 2.78. The molecule has 0 amide bonds. The fraction of sp³-hybridized carbons (Fsp3) is 0.700. The molecule has 4 unspecified atom stereocenters. The second kappa shape index (κ2) is 10.0. The Hall–Kier alpha value is -0.860. The molecule has 22 heavy (non-hydrogen) atoms. The van der Waals surface area contributed by atoms with Gasteiger partial charge in [0.2, 0.25) is 0 Å². The van der Waals surface area contributed by atoms with Crippen molar-refractivity contribution in [1.29, 1.82) is 0 Å². The standard InChI is InChI=1S/C20H36N2/c1-5-15(13-19(21)7-3)17-9-11-18(12-10-17)16(6-2)14-20(22)8-4/h9-12,15-16,19-20H,5-8,13-14,21-22H2,1-4H3. The van der Waals surface area contributed by atoms with Crippen molar-refractivity contribution in [3.63, 3.8) is 0 Å². The number of hydrogen-bond acceptors (Lipinski definition) is 2. The Kier molecular flexibility index (Phi) is 8.74. The zero-order chi connectivity index (χ0) is 16.5.